The zero-order valence-electron chi connectivity index (χ0n) is 13.0. The maximum absolute atomic E-state index is 12.7. The van der Waals surface area contributed by atoms with Crippen molar-refractivity contribution in [2.24, 2.45) is 0 Å². The lowest BCUT2D eigenvalue weighted by Gasteiger charge is -2.36. The lowest BCUT2D eigenvalue weighted by Crippen LogP contribution is -2.48. The zero-order chi connectivity index (χ0) is 16.5. The number of ether oxygens (including phenoxy) is 2. The molecule has 4 rings (SSSR count). The van der Waals surface area contributed by atoms with Gasteiger partial charge in [-0.2, -0.15) is 0 Å². The minimum absolute atomic E-state index is 0.00517. The first-order chi connectivity index (χ1) is 11.7. The van der Waals surface area contributed by atoms with Crippen molar-refractivity contribution >= 4 is 11.6 Å². The zero-order valence-corrected chi connectivity index (χ0v) is 13.0. The van der Waals surface area contributed by atoms with Crippen LogP contribution in [-0.4, -0.2) is 48.8 Å². The number of carbonyl (C=O) groups excluding carboxylic acids is 1. The minimum Gasteiger partial charge on any atom is -0.454 e. The van der Waals surface area contributed by atoms with Crippen LogP contribution in [-0.2, 0) is 0 Å². The van der Waals surface area contributed by atoms with Gasteiger partial charge in [0.05, 0.1) is 5.69 Å². The van der Waals surface area contributed by atoms with Crippen molar-refractivity contribution in [1.82, 2.24) is 9.88 Å². The van der Waals surface area contributed by atoms with Crippen LogP contribution < -0.4 is 19.9 Å². The molecule has 2 aliphatic heterocycles. The van der Waals surface area contributed by atoms with E-state index < -0.39 is 0 Å². The van der Waals surface area contributed by atoms with Crippen molar-refractivity contribution in [3.05, 3.63) is 52.4 Å². The Hall–Kier alpha value is -2.96. The number of benzene rings is 1. The van der Waals surface area contributed by atoms with Gasteiger partial charge in [0, 0.05) is 44.0 Å². The van der Waals surface area contributed by atoms with Crippen LogP contribution in [0.2, 0.25) is 0 Å². The largest absolute Gasteiger partial charge is 0.454 e. The molecule has 24 heavy (non-hydrogen) atoms. The van der Waals surface area contributed by atoms with E-state index in [9.17, 15) is 9.59 Å². The molecule has 1 aromatic heterocycles. The summed E-state index contributed by atoms with van der Waals surface area (Å²) >= 11 is 0. The molecule has 1 N–H and O–H groups in total. The highest BCUT2D eigenvalue weighted by atomic mass is 16.7. The fraction of sp³-hybridized carbons (Fsp3) is 0.294. The molecule has 0 radical (unpaired) electrons. The molecule has 7 nitrogen and oxygen atoms in total. The van der Waals surface area contributed by atoms with E-state index in [0.29, 0.717) is 30.2 Å². The first kappa shape index (κ1) is 14.6. The van der Waals surface area contributed by atoms with Crippen LogP contribution in [0.1, 0.15) is 10.4 Å². The first-order valence-corrected chi connectivity index (χ1v) is 7.83. The number of aromatic nitrogens is 1. The third kappa shape index (κ3) is 2.68. The lowest BCUT2D eigenvalue weighted by molar-refractivity contribution is 0.0746. The summed E-state index contributed by atoms with van der Waals surface area (Å²) in [7, 11) is 0. The number of nitrogens with one attached hydrogen (secondary N) is 1. The summed E-state index contributed by atoms with van der Waals surface area (Å²) in [6, 6.07) is 8.59. The summed E-state index contributed by atoms with van der Waals surface area (Å²) in [6.45, 7) is 2.91. The Kier molecular flexibility index (Phi) is 3.60. The molecule has 2 aromatic rings. The van der Waals surface area contributed by atoms with Crippen LogP contribution >= 0.6 is 0 Å². The van der Waals surface area contributed by atoms with E-state index >= 15 is 0 Å². The Balaban J connectivity index is 1.43. The molecule has 0 spiro atoms. The molecule has 3 heterocycles. The highest BCUT2D eigenvalue weighted by molar-refractivity contribution is 5.95. The van der Waals surface area contributed by atoms with E-state index in [1.165, 1.54) is 6.07 Å². The van der Waals surface area contributed by atoms with Gasteiger partial charge in [-0.05, 0) is 24.3 Å². The fourth-order valence-corrected chi connectivity index (χ4v) is 2.98. The Bertz CT molecular complexity index is 804. The number of aromatic amines is 1. The van der Waals surface area contributed by atoms with Gasteiger partial charge in [-0.15, -0.1) is 0 Å². The summed E-state index contributed by atoms with van der Waals surface area (Å²) in [4.78, 5) is 30.5. The molecule has 7 heteroatoms. The SMILES string of the molecule is O=C(c1ccc2c(c1)OCO2)N1CCN(c2ccc(=O)[nH]c2)CC1. The Morgan fingerprint density at radius 3 is 2.54 bits per heavy atom. The topological polar surface area (TPSA) is 74.9 Å². The summed E-state index contributed by atoms with van der Waals surface area (Å²) in [6.07, 6.45) is 1.71. The maximum Gasteiger partial charge on any atom is 0.254 e. The van der Waals surface area contributed by atoms with E-state index in [-0.39, 0.29) is 18.3 Å². The van der Waals surface area contributed by atoms with Gasteiger partial charge in [-0.3, -0.25) is 9.59 Å². The Morgan fingerprint density at radius 1 is 1.00 bits per heavy atom. The van der Waals surface area contributed by atoms with E-state index in [2.05, 4.69) is 9.88 Å². The molecule has 0 bridgehead atoms. The van der Waals surface area contributed by atoms with Crippen LogP contribution in [0.5, 0.6) is 11.5 Å². The number of hydrogen-bond acceptors (Lipinski definition) is 5. The molecule has 0 aliphatic carbocycles. The fourth-order valence-electron chi connectivity index (χ4n) is 2.98. The van der Waals surface area contributed by atoms with Crippen LogP contribution in [0.4, 0.5) is 5.69 Å². The van der Waals surface area contributed by atoms with Crippen LogP contribution in [0.25, 0.3) is 0 Å². The highest BCUT2D eigenvalue weighted by Crippen LogP contribution is 2.32. The average Bonchev–Trinajstić information content (AvgIpc) is 3.09. The molecular weight excluding hydrogens is 310 g/mol. The van der Waals surface area contributed by atoms with E-state index in [0.717, 1.165) is 18.8 Å². The predicted molar refractivity (Wildman–Crippen MR) is 87.7 cm³/mol. The van der Waals surface area contributed by atoms with E-state index in [1.54, 1.807) is 30.5 Å². The number of amides is 1. The second-order valence-corrected chi connectivity index (χ2v) is 5.76. The van der Waals surface area contributed by atoms with Gasteiger partial charge in [0.25, 0.3) is 5.91 Å². The lowest BCUT2D eigenvalue weighted by atomic mass is 10.1. The predicted octanol–water partition coefficient (Wildman–Crippen LogP) is 1.07. The van der Waals surface area contributed by atoms with Crippen LogP contribution in [0.3, 0.4) is 0 Å². The second-order valence-electron chi connectivity index (χ2n) is 5.76. The number of carbonyl (C=O) groups is 1. The summed E-state index contributed by atoms with van der Waals surface area (Å²) < 4.78 is 10.6. The van der Waals surface area contributed by atoms with Crippen molar-refractivity contribution in [3.63, 3.8) is 0 Å². The molecule has 0 saturated carbocycles. The van der Waals surface area contributed by atoms with Crippen LogP contribution in [0.15, 0.2) is 41.3 Å². The number of fused-ring (bicyclic) bond motifs is 1. The van der Waals surface area contributed by atoms with Gasteiger partial charge in [0.2, 0.25) is 12.4 Å². The maximum atomic E-state index is 12.7. The third-order valence-electron chi connectivity index (χ3n) is 4.32. The monoisotopic (exact) mass is 327 g/mol. The highest BCUT2D eigenvalue weighted by Gasteiger charge is 2.24. The van der Waals surface area contributed by atoms with E-state index in [1.807, 2.05) is 4.90 Å². The number of anilines is 1. The van der Waals surface area contributed by atoms with Crippen molar-refractivity contribution in [2.45, 2.75) is 0 Å². The summed E-state index contributed by atoms with van der Waals surface area (Å²) in [5.41, 5.74) is 1.46. The van der Waals surface area contributed by atoms with Gasteiger partial charge in [-0.1, -0.05) is 0 Å². The number of H-pyrrole nitrogens is 1. The Labute approximate surface area is 138 Å². The summed E-state index contributed by atoms with van der Waals surface area (Å²) in [5.74, 6) is 1.29. The van der Waals surface area contributed by atoms with Gasteiger partial charge >= 0.3 is 0 Å². The molecule has 2 aliphatic rings. The molecule has 1 aromatic carbocycles. The van der Waals surface area contributed by atoms with E-state index in [4.69, 9.17) is 9.47 Å². The molecule has 1 saturated heterocycles. The third-order valence-corrected chi connectivity index (χ3v) is 4.32. The van der Waals surface area contributed by atoms with Crippen molar-refractivity contribution in [1.29, 1.82) is 0 Å². The van der Waals surface area contributed by atoms with Crippen molar-refractivity contribution < 1.29 is 14.3 Å². The van der Waals surface area contributed by atoms with Gasteiger partial charge in [-0.25, -0.2) is 0 Å². The standard InChI is InChI=1S/C17H17N3O4/c21-16-4-2-13(10-18-16)19-5-7-20(8-6-19)17(22)12-1-3-14-15(9-12)24-11-23-14/h1-4,9-10H,5-8,11H2,(H,18,21). The average molecular weight is 327 g/mol. The molecule has 0 unspecified atom stereocenters. The number of rotatable bonds is 2. The smallest absolute Gasteiger partial charge is 0.254 e. The summed E-state index contributed by atoms with van der Waals surface area (Å²) in [5, 5.41) is 0. The van der Waals surface area contributed by atoms with Crippen LogP contribution in [0, 0.1) is 0 Å². The number of pyridine rings is 1. The molecular formula is C17H17N3O4. The quantitative estimate of drug-likeness (QED) is 0.893. The number of hydrogen-bond donors (Lipinski definition) is 1. The first-order valence-electron chi connectivity index (χ1n) is 7.83. The van der Waals surface area contributed by atoms with Gasteiger partial charge < -0.3 is 24.3 Å². The minimum atomic E-state index is -0.115. The molecule has 0 atom stereocenters. The Morgan fingerprint density at radius 2 is 1.79 bits per heavy atom. The normalized spacial score (nSPS) is 16.3. The number of nitrogens with zero attached hydrogens (tertiary/aromatic N) is 2. The molecule has 1 amide bonds. The number of piperazine rings is 1. The van der Waals surface area contributed by atoms with Crippen molar-refractivity contribution in [2.75, 3.05) is 37.9 Å². The van der Waals surface area contributed by atoms with Crippen molar-refractivity contribution in [3.8, 4) is 11.5 Å². The molecule has 1 fully saturated rings. The second kappa shape index (κ2) is 5.92. The van der Waals surface area contributed by atoms with Gasteiger partial charge in [0.15, 0.2) is 11.5 Å². The van der Waals surface area contributed by atoms with Gasteiger partial charge in [0.1, 0.15) is 0 Å². The molecule has 124 valence electrons.